The molecule has 1 aliphatic carbocycles. The van der Waals surface area contributed by atoms with Gasteiger partial charge in [0.25, 0.3) is 0 Å². The van der Waals surface area contributed by atoms with Crippen molar-refractivity contribution in [2.24, 2.45) is 0 Å². The lowest BCUT2D eigenvalue weighted by molar-refractivity contribution is 0.413. The number of hydrogen-bond donors (Lipinski definition) is 1. The molecule has 2 bridgehead atoms. The summed E-state index contributed by atoms with van der Waals surface area (Å²) in [7, 11) is 1.74. The molecule has 2 heteroatoms. The van der Waals surface area contributed by atoms with Crippen LogP contribution in [-0.4, -0.2) is 13.7 Å². The summed E-state index contributed by atoms with van der Waals surface area (Å²) in [6.45, 7) is 1.17. The summed E-state index contributed by atoms with van der Waals surface area (Å²) in [5.74, 6) is 1.76. The third-order valence-corrected chi connectivity index (χ3v) is 3.75. The predicted octanol–water partition coefficient (Wildman–Crippen LogP) is 2.61. The van der Waals surface area contributed by atoms with Crippen molar-refractivity contribution in [3.05, 3.63) is 29.3 Å². The minimum Gasteiger partial charge on any atom is -0.497 e. The molecule has 1 N–H and O–H groups in total. The van der Waals surface area contributed by atoms with Crippen LogP contribution in [0.2, 0.25) is 0 Å². The van der Waals surface area contributed by atoms with Gasteiger partial charge in [-0.25, -0.2) is 0 Å². The maximum absolute atomic E-state index is 5.30. The average Bonchev–Trinajstić information content (AvgIpc) is 2.47. The summed E-state index contributed by atoms with van der Waals surface area (Å²) in [6, 6.07) is 7.14. The van der Waals surface area contributed by atoms with Crippen LogP contribution in [0.5, 0.6) is 5.75 Å². The summed E-state index contributed by atoms with van der Waals surface area (Å²) in [5, 5.41) is 3.63. The van der Waals surface area contributed by atoms with E-state index in [4.69, 9.17) is 4.74 Å². The highest BCUT2D eigenvalue weighted by Crippen LogP contribution is 2.45. The van der Waals surface area contributed by atoms with E-state index in [1.165, 1.54) is 36.9 Å². The fourth-order valence-electron chi connectivity index (χ4n) is 2.98. The molecule has 2 aliphatic rings. The maximum Gasteiger partial charge on any atom is 0.119 e. The molecule has 0 amide bonds. The molecule has 1 aromatic carbocycles. The van der Waals surface area contributed by atoms with Crippen molar-refractivity contribution in [3.8, 4) is 5.75 Å². The van der Waals surface area contributed by atoms with Gasteiger partial charge in [-0.3, -0.25) is 0 Å². The van der Waals surface area contributed by atoms with E-state index in [-0.39, 0.29) is 0 Å². The van der Waals surface area contributed by atoms with E-state index in [9.17, 15) is 0 Å². The Morgan fingerprint density at radius 3 is 3.13 bits per heavy atom. The highest BCUT2D eigenvalue weighted by molar-refractivity contribution is 5.43. The first kappa shape index (κ1) is 9.22. The molecule has 3 rings (SSSR count). The Morgan fingerprint density at radius 1 is 1.33 bits per heavy atom. The van der Waals surface area contributed by atoms with Crippen LogP contribution in [0, 0.1) is 0 Å². The van der Waals surface area contributed by atoms with Crippen LogP contribution in [-0.2, 0) is 0 Å². The van der Waals surface area contributed by atoms with Gasteiger partial charge in [0.2, 0.25) is 0 Å². The van der Waals surface area contributed by atoms with Crippen molar-refractivity contribution in [1.82, 2.24) is 5.32 Å². The van der Waals surface area contributed by atoms with Crippen molar-refractivity contribution in [2.45, 2.75) is 31.2 Å². The number of hydrogen-bond acceptors (Lipinski definition) is 2. The Labute approximate surface area is 90.6 Å². The largest absolute Gasteiger partial charge is 0.497 e. The van der Waals surface area contributed by atoms with E-state index in [0.29, 0.717) is 6.04 Å². The molecule has 1 saturated heterocycles. The van der Waals surface area contributed by atoms with Crippen molar-refractivity contribution in [1.29, 1.82) is 0 Å². The first-order valence-corrected chi connectivity index (χ1v) is 5.79. The van der Waals surface area contributed by atoms with Crippen molar-refractivity contribution < 1.29 is 4.74 Å². The molecule has 1 heterocycles. The fraction of sp³-hybridized carbons (Fsp3) is 0.538. The first-order chi connectivity index (χ1) is 7.38. The Balaban J connectivity index is 2.04. The number of methoxy groups -OCH3 is 1. The number of nitrogens with one attached hydrogen (secondary N) is 1. The highest BCUT2D eigenvalue weighted by atomic mass is 16.5. The summed E-state index contributed by atoms with van der Waals surface area (Å²) in [6.07, 6.45) is 3.91. The summed E-state index contributed by atoms with van der Waals surface area (Å²) in [5.41, 5.74) is 3.02. The molecule has 0 saturated carbocycles. The smallest absolute Gasteiger partial charge is 0.119 e. The molecule has 0 unspecified atom stereocenters. The normalized spacial score (nSPS) is 28.3. The van der Waals surface area contributed by atoms with E-state index >= 15 is 0 Å². The van der Waals surface area contributed by atoms with Gasteiger partial charge in [-0.05, 0) is 55.0 Å². The molecule has 0 spiro atoms. The zero-order valence-electron chi connectivity index (χ0n) is 9.12. The zero-order valence-corrected chi connectivity index (χ0v) is 9.12. The van der Waals surface area contributed by atoms with Crippen LogP contribution in [0.15, 0.2) is 18.2 Å². The number of ether oxygens (including phenoxy) is 1. The Bertz CT molecular complexity index is 375. The Hall–Kier alpha value is -1.02. The van der Waals surface area contributed by atoms with Crippen LogP contribution >= 0.6 is 0 Å². The minimum absolute atomic E-state index is 0.596. The van der Waals surface area contributed by atoms with Gasteiger partial charge in [0.15, 0.2) is 0 Å². The molecule has 2 atom stereocenters. The second-order valence-corrected chi connectivity index (χ2v) is 4.58. The third kappa shape index (κ3) is 1.44. The fourth-order valence-corrected chi connectivity index (χ4v) is 2.98. The molecule has 1 aliphatic heterocycles. The molecule has 1 fully saturated rings. The second-order valence-electron chi connectivity index (χ2n) is 4.58. The number of rotatable bonds is 1. The lowest BCUT2D eigenvalue weighted by atomic mass is 9.96. The van der Waals surface area contributed by atoms with Crippen LogP contribution in [0.1, 0.15) is 42.3 Å². The van der Waals surface area contributed by atoms with Gasteiger partial charge >= 0.3 is 0 Å². The monoisotopic (exact) mass is 203 g/mol. The third-order valence-electron chi connectivity index (χ3n) is 3.75. The Kier molecular flexibility index (Phi) is 2.17. The lowest BCUT2D eigenvalue weighted by Gasteiger charge is -2.15. The molecular formula is C13H17NO. The summed E-state index contributed by atoms with van der Waals surface area (Å²) in [4.78, 5) is 0. The van der Waals surface area contributed by atoms with Crippen LogP contribution in [0.3, 0.4) is 0 Å². The van der Waals surface area contributed by atoms with Gasteiger partial charge in [0, 0.05) is 6.04 Å². The van der Waals surface area contributed by atoms with E-state index in [2.05, 4.69) is 23.5 Å². The van der Waals surface area contributed by atoms with Gasteiger partial charge < -0.3 is 10.1 Å². The van der Waals surface area contributed by atoms with Crippen molar-refractivity contribution >= 4 is 0 Å². The van der Waals surface area contributed by atoms with E-state index in [1.54, 1.807) is 7.11 Å². The highest BCUT2D eigenvalue weighted by Gasteiger charge is 2.32. The van der Waals surface area contributed by atoms with Crippen molar-refractivity contribution in [3.63, 3.8) is 0 Å². The van der Waals surface area contributed by atoms with Gasteiger partial charge in [-0.2, -0.15) is 0 Å². The molecule has 0 aromatic heterocycles. The second kappa shape index (κ2) is 3.53. The predicted molar refractivity (Wildman–Crippen MR) is 60.3 cm³/mol. The summed E-state index contributed by atoms with van der Waals surface area (Å²) >= 11 is 0. The van der Waals surface area contributed by atoms with Crippen molar-refractivity contribution in [2.75, 3.05) is 13.7 Å². The Morgan fingerprint density at radius 2 is 2.27 bits per heavy atom. The van der Waals surface area contributed by atoms with Crippen LogP contribution < -0.4 is 10.1 Å². The molecule has 2 nitrogen and oxygen atoms in total. The van der Waals surface area contributed by atoms with Gasteiger partial charge in [-0.1, -0.05) is 6.07 Å². The standard InChI is InChI=1S/C13H17NO/c1-15-10-4-5-11-12(8-10)9-3-2-6-14-13(11)7-9/h4-5,8-9,13-14H,2-3,6-7H2,1H3/t9-,13-/m0/s1. The average molecular weight is 203 g/mol. The van der Waals surface area contributed by atoms with E-state index in [0.717, 1.165) is 11.7 Å². The van der Waals surface area contributed by atoms with Crippen LogP contribution in [0.25, 0.3) is 0 Å². The topological polar surface area (TPSA) is 21.3 Å². The molecule has 0 radical (unpaired) electrons. The van der Waals surface area contributed by atoms with Gasteiger partial charge in [0.1, 0.15) is 5.75 Å². The van der Waals surface area contributed by atoms with Crippen LogP contribution in [0.4, 0.5) is 0 Å². The number of benzene rings is 1. The first-order valence-electron chi connectivity index (χ1n) is 5.79. The number of fused-ring (bicyclic) bond motifs is 5. The lowest BCUT2D eigenvalue weighted by Crippen LogP contribution is -2.19. The maximum atomic E-state index is 5.30. The molecule has 1 aromatic rings. The van der Waals surface area contributed by atoms with Gasteiger partial charge in [0.05, 0.1) is 7.11 Å². The summed E-state index contributed by atoms with van der Waals surface area (Å²) < 4.78 is 5.30. The SMILES string of the molecule is COc1ccc2c(c1)[C@H]1CCCN[C@H]2C1. The van der Waals surface area contributed by atoms with E-state index < -0.39 is 0 Å². The molecule has 15 heavy (non-hydrogen) atoms. The molecular weight excluding hydrogens is 186 g/mol. The van der Waals surface area contributed by atoms with Gasteiger partial charge in [-0.15, -0.1) is 0 Å². The quantitative estimate of drug-likeness (QED) is 0.757. The van der Waals surface area contributed by atoms with E-state index in [1.807, 2.05) is 0 Å². The zero-order chi connectivity index (χ0) is 10.3. The minimum atomic E-state index is 0.596. The molecule has 80 valence electrons.